The van der Waals surface area contributed by atoms with Gasteiger partial charge in [-0.1, -0.05) is 24.3 Å². The normalized spacial score (nSPS) is 11.7. The maximum absolute atomic E-state index is 13.7. The summed E-state index contributed by atoms with van der Waals surface area (Å²) in [6.45, 7) is 0. The molecule has 6 aromatic rings. The molecule has 0 aliphatic heterocycles. The van der Waals surface area contributed by atoms with Gasteiger partial charge in [0.1, 0.15) is 23.5 Å². The molecular weight excluding hydrogens is 543 g/mol. The van der Waals surface area contributed by atoms with Gasteiger partial charge in [-0.25, -0.2) is 17.8 Å². The Morgan fingerprint density at radius 3 is 2.37 bits per heavy atom. The lowest BCUT2D eigenvalue weighted by molar-refractivity contribution is 0.0964. The van der Waals surface area contributed by atoms with Gasteiger partial charge in [0.2, 0.25) is 10.0 Å². The molecule has 8 nitrogen and oxygen atoms in total. The number of para-hydroxylation sites is 1. The number of nitrogens with one attached hydrogen (secondary N) is 1. The number of sulfonamides is 1. The van der Waals surface area contributed by atoms with E-state index in [4.69, 9.17) is 4.42 Å². The highest BCUT2D eigenvalue weighted by Gasteiger charge is 2.26. The van der Waals surface area contributed by atoms with Crippen LogP contribution < -0.4 is 9.62 Å². The fourth-order valence-electron chi connectivity index (χ4n) is 4.93. The van der Waals surface area contributed by atoms with Crippen LogP contribution in [0.3, 0.4) is 0 Å². The second kappa shape index (κ2) is 9.90. The Morgan fingerprint density at radius 2 is 1.68 bits per heavy atom. The number of carbonyl (C=O) groups excluding carboxylic acids is 1. The third kappa shape index (κ3) is 4.62. The van der Waals surface area contributed by atoms with Crippen molar-refractivity contribution < 1.29 is 22.0 Å². The highest BCUT2D eigenvalue weighted by molar-refractivity contribution is 7.92. The average molecular weight is 569 g/mol. The molecule has 41 heavy (non-hydrogen) atoms. The van der Waals surface area contributed by atoms with Crippen LogP contribution in [0.5, 0.6) is 0 Å². The van der Waals surface area contributed by atoms with Crippen molar-refractivity contribution in [3.05, 3.63) is 103 Å². The van der Waals surface area contributed by atoms with E-state index in [1.54, 1.807) is 18.5 Å². The Morgan fingerprint density at radius 1 is 0.976 bits per heavy atom. The summed E-state index contributed by atoms with van der Waals surface area (Å²) in [6.07, 6.45) is 2.86. The highest BCUT2D eigenvalue weighted by Crippen LogP contribution is 2.41. The fraction of sp³-hybridized carbons (Fsp3) is 0.0968. The van der Waals surface area contributed by atoms with Crippen LogP contribution in [0, 0.1) is 5.82 Å². The molecule has 6 rings (SSSR count). The predicted molar refractivity (Wildman–Crippen MR) is 158 cm³/mol. The van der Waals surface area contributed by atoms with Crippen LogP contribution >= 0.6 is 0 Å². The molecule has 0 fully saturated rings. The molecule has 0 unspecified atom stereocenters. The Balaban J connectivity index is 1.61. The van der Waals surface area contributed by atoms with Crippen LogP contribution in [0.1, 0.15) is 10.4 Å². The van der Waals surface area contributed by atoms with E-state index in [1.807, 2.05) is 53.1 Å². The largest absolute Gasteiger partial charge is 0.455 e. The molecule has 0 atom stereocenters. The first-order chi connectivity index (χ1) is 19.7. The molecule has 0 saturated heterocycles. The van der Waals surface area contributed by atoms with Crippen LogP contribution in [-0.4, -0.2) is 44.2 Å². The van der Waals surface area contributed by atoms with Crippen molar-refractivity contribution >= 4 is 43.6 Å². The number of anilines is 1. The minimum atomic E-state index is -3.66. The van der Waals surface area contributed by atoms with Gasteiger partial charge in [0, 0.05) is 42.4 Å². The average Bonchev–Trinajstić information content (AvgIpc) is 3.57. The third-order valence-corrected chi connectivity index (χ3v) is 8.29. The quantitative estimate of drug-likeness (QED) is 0.266. The number of amides is 1. The lowest BCUT2D eigenvalue weighted by Gasteiger charge is -2.20. The maximum atomic E-state index is 13.7. The second-order valence-electron chi connectivity index (χ2n) is 9.64. The number of furan rings is 1. The molecular formula is C31H25FN4O4S. The van der Waals surface area contributed by atoms with Crippen LogP contribution in [0.15, 0.2) is 95.7 Å². The monoisotopic (exact) mass is 568 g/mol. The summed E-state index contributed by atoms with van der Waals surface area (Å²) in [6, 6.07) is 24.5. The first-order valence-corrected chi connectivity index (χ1v) is 14.6. The number of aromatic nitrogens is 2. The molecule has 2 heterocycles. The number of hydrogen-bond acceptors (Lipinski definition) is 5. The van der Waals surface area contributed by atoms with E-state index in [0.717, 1.165) is 17.5 Å². The van der Waals surface area contributed by atoms with Crippen LogP contribution in [0.25, 0.3) is 50.1 Å². The van der Waals surface area contributed by atoms with E-state index < -0.39 is 21.7 Å². The molecule has 1 amide bonds. The molecule has 0 spiro atoms. The summed E-state index contributed by atoms with van der Waals surface area (Å²) in [4.78, 5) is 17.7. The van der Waals surface area contributed by atoms with Crippen LogP contribution in [0.4, 0.5) is 10.1 Å². The molecule has 0 radical (unpaired) electrons. The summed E-state index contributed by atoms with van der Waals surface area (Å²) in [7, 11) is -0.682. The van der Waals surface area contributed by atoms with Crippen molar-refractivity contribution in [3.63, 3.8) is 0 Å². The van der Waals surface area contributed by atoms with Crippen molar-refractivity contribution in [1.29, 1.82) is 0 Å². The van der Waals surface area contributed by atoms with Gasteiger partial charge in [-0.05, 0) is 60.2 Å². The molecule has 0 bridgehead atoms. The fourth-order valence-corrected chi connectivity index (χ4v) is 5.44. The molecule has 0 saturated carbocycles. The first kappa shape index (κ1) is 26.3. The highest BCUT2D eigenvalue weighted by atomic mass is 32.2. The zero-order valence-corrected chi connectivity index (χ0v) is 23.2. The first-order valence-electron chi connectivity index (χ1n) is 12.7. The Bertz CT molecular complexity index is 2050. The molecule has 4 aromatic carbocycles. The standard InChI is InChI=1S/C31H25FN4O4S/c1-33-31(37)29-24-16-23(20-11-14-26-25(15-20)34-18-36(26)22-7-5-4-6-8-22)27(35(2)41(3,38)39)17-28(24)40-30(29)19-9-12-21(32)13-10-19/h4-18H,1-3H3,(H,33,37). The number of halogens is 1. The maximum Gasteiger partial charge on any atom is 0.255 e. The van der Waals surface area contributed by atoms with Gasteiger partial charge < -0.3 is 9.73 Å². The van der Waals surface area contributed by atoms with Crippen LogP contribution in [-0.2, 0) is 10.0 Å². The summed E-state index contributed by atoms with van der Waals surface area (Å²) in [5, 5.41) is 3.14. The Hall–Kier alpha value is -4.96. The van der Waals surface area contributed by atoms with E-state index in [0.29, 0.717) is 38.9 Å². The topological polar surface area (TPSA) is 97.4 Å². The molecule has 206 valence electrons. The summed E-state index contributed by atoms with van der Waals surface area (Å²) in [5.41, 5.74) is 5.28. The van der Waals surface area contributed by atoms with Crippen molar-refractivity contribution in [1.82, 2.24) is 14.9 Å². The van der Waals surface area contributed by atoms with Crippen molar-refractivity contribution in [2.24, 2.45) is 0 Å². The van der Waals surface area contributed by atoms with Crippen LogP contribution in [0.2, 0.25) is 0 Å². The summed E-state index contributed by atoms with van der Waals surface area (Å²) in [5.74, 6) is -0.562. The number of rotatable bonds is 6. The third-order valence-electron chi connectivity index (χ3n) is 7.10. The van der Waals surface area contributed by atoms with Crippen molar-refractivity contribution in [3.8, 4) is 28.1 Å². The Kier molecular flexibility index (Phi) is 6.34. The van der Waals surface area contributed by atoms with Crippen molar-refractivity contribution in [2.45, 2.75) is 0 Å². The van der Waals surface area contributed by atoms with E-state index in [9.17, 15) is 17.6 Å². The van der Waals surface area contributed by atoms with Gasteiger partial charge in [-0.15, -0.1) is 0 Å². The second-order valence-corrected chi connectivity index (χ2v) is 11.7. The zero-order valence-electron chi connectivity index (χ0n) is 22.4. The SMILES string of the molecule is CNC(=O)c1c(-c2ccc(F)cc2)oc2cc(N(C)S(C)(=O)=O)c(-c3ccc4c(c3)ncn4-c3ccccc3)cc12. The number of benzene rings is 4. The molecule has 0 aliphatic carbocycles. The van der Waals surface area contributed by atoms with Gasteiger partial charge in [0.25, 0.3) is 5.91 Å². The number of hydrogen-bond donors (Lipinski definition) is 1. The molecule has 1 N–H and O–H groups in total. The van der Waals surface area contributed by atoms with E-state index in [-0.39, 0.29) is 11.3 Å². The van der Waals surface area contributed by atoms with Gasteiger partial charge >= 0.3 is 0 Å². The predicted octanol–water partition coefficient (Wildman–Crippen LogP) is 6.00. The van der Waals surface area contributed by atoms with E-state index in [2.05, 4.69) is 10.3 Å². The lowest BCUT2D eigenvalue weighted by atomic mass is 9.98. The van der Waals surface area contributed by atoms with Gasteiger partial charge in [-0.2, -0.15) is 0 Å². The smallest absolute Gasteiger partial charge is 0.255 e. The molecule has 2 aromatic heterocycles. The summed E-state index contributed by atoms with van der Waals surface area (Å²) >= 11 is 0. The van der Waals surface area contributed by atoms with Crippen molar-refractivity contribution in [2.75, 3.05) is 24.7 Å². The van der Waals surface area contributed by atoms with Gasteiger partial charge in [0.05, 0.1) is 28.5 Å². The lowest BCUT2D eigenvalue weighted by Crippen LogP contribution is -2.25. The minimum absolute atomic E-state index is 0.251. The van der Waals surface area contributed by atoms with E-state index in [1.165, 1.54) is 42.7 Å². The number of nitrogens with zero attached hydrogens (tertiary/aromatic N) is 3. The molecule has 10 heteroatoms. The van der Waals surface area contributed by atoms with Gasteiger partial charge in [-0.3, -0.25) is 13.7 Å². The Labute approximate surface area is 235 Å². The number of fused-ring (bicyclic) bond motifs is 2. The van der Waals surface area contributed by atoms with Gasteiger partial charge in [0.15, 0.2) is 0 Å². The summed E-state index contributed by atoms with van der Waals surface area (Å²) < 4.78 is 48.3. The number of imidazole rings is 1. The zero-order chi connectivity index (χ0) is 28.9. The molecule has 0 aliphatic rings. The number of carbonyl (C=O) groups is 1. The van der Waals surface area contributed by atoms with E-state index >= 15 is 0 Å². The minimum Gasteiger partial charge on any atom is -0.455 e.